The topological polar surface area (TPSA) is 118 Å². The number of sulfone groups is 1. The minimum absolute atomic E-state index is 0.0510. The maximum absolute atomic E-state index is 12.5. The number of benzene rings is 1. The molecule has 0 bridgehead atoms. The molecule has 0 aliphatic carbocycles. The molecular weight excluding hydrogens is 368 g/mol. The molecule has 1 amide bonds. The first kappa shape index (κ1) is 19.0. The van der Waals surface area contributed by atoms with E-state index in [9.17, 15) is 18.0 Å². The predicted octanol–water partition coefficient (Wildman–Crippen LogP) is 1.84. The number of nitrogens with zero attached hydrogens (tertiary/aromatic N) is 2. The molecule has 1 aliphatic heterocycles. The Hall–Kier alpha value is -2.81. The molecule has 8 nitrogen and oxygen atoms in total. The molecule has 142 valence electrons. The van der Waals surface area contributed by atoms with Crippen LogP contribution < -0.4 is 10.6 Å². The Morgan fingerprint density at radius 2 is 1.96 bits per heavy atom. The Kier molecular flexibility index (Phi) is 5.22. The first-order valence-corrected chi connectivity index (χ1v) is 10.3. The Morgan fingerprint density at radius 1 is 1.19 bits per heavy atom. The summed E-state index contributed by atoms with van der Waals surface area (Å²) in [5.74, 6) is 0.463. The van der Waals surface area contributed by atoms with Crippen molar-refractivity contribution in [2.24, 2.45) is 0 Å². The number of rotatable bonds is 5. The lowest BCUT2D eigenvalue weighted by molar-refractivity contribution is 0.100. The van der Waals surface area contributed by atoms with Gasteiger partial charge in [0.15, 0.2) is 15.6 Å². The summed E-state index contributed by atoms with van der Waals surface area (Å²) in [4.78, 5) is 32.4. The molecule has 1 aromatic heterocycles. The molecule has 1 atom stereocenters. The van der Waals surface area contributed by atoms with Gasteiger partial charge in [0.25, 0.3) is 5.91 Å². The highest BCUT2D eigenvalue weighted by atomic mass is 32.2. The normalized spacial score (nSPS) is 18.1. The summed E-state index contributed by atoms with van der Waals surface area (Å²) in [6.45, 7) is 3.11. The van der Waals surface area contributed by atoms with Crippen molar-refractivity contribution >= 4 is 33.0 Å². The average Bonchev–Trinajstić information content (AvgIpc) is 2.93. The number of anilines is 2. The lowest BCUT2D eigenvalue weighted by atomic mass is 10.1. The van der Waals surface area contributed by atoms with Crippen LogP contribution in [-0.4, -0.2) is 47.6 Å². The van der Waals surface area contributed by atoms with Gasteiger partial charge in [0.1, 0.15) is 17.3 Å². The number of aryl methyl sites for hydroxylation is 1. The van der Waals surface area contributed by atoms with Crippen molar-refractivity contribution < 1.29 is 18.0 Å². The van der Waals surface area contributed by atoms with Gasteiger partial charge in [-0.15, -0.1) is 0 Å². The van der Waals surface area contributed by atoms with Gasteiger partial charge in [-0.3, -0.25) is 9.59 Å². The van der Waals surface area contributed by atoms with Crippen LogP contribution in [0.5, 0.6) is 0 Å². The van der Waals surface area contributed by atoms with E-state index in [2.05, 4.69) is 20.6 Å². The third-order valence-electron chi connectivity index (χ3n) is 4.18. The van der Waals surface area contributed by atoms with E-state index in [0.29, 0.717) is 29.3 Å². The number of carbonyl (C=O) groups excluding carboxylic acids is 2. The van der Waals surface area contributed by atoms with Crippen molar-refractivity contribution in [2.75, 3.05) is 22.1 Å². The Labute approximate surface area is 157 Å². The van der Waals surface area contributed by atoms with E-state index in [1.807, 2.05) is 0 Å². The van der Waals surface area contributed by atoms with Crippen LogP contribution >= 0.6 is 0 Å². The standard InChI is InChI=1S/C18H20N4O4S/c1-11(23)13-4-3-5-14(8-13)22-18(24)16-9-17(20-12(2)19-16)21-15-6-7-27(25,26)10-15/h3-5,8-9,15H,6-7,10H2,1-2H3,(H,22,24)(H,19,20,21). The first-order valence-electron chi connectivity index (χ1n) is 8.47. The third kappa shape index (κ3) is 4.88. The Balaban J connectivity index is 1.76. The lowest BCUT2D eigenvalue weighted by Crippen LogP contribution is -2.22. The highest BCUT2D eigenvalue weighted by molar-refractivity contribution is 7.91. The van der Waals surface area contributed by atoms with Gasteiger partial charge in [-0.05, 0) is 32.4 Å². The van der Waals surface area contributed by atoms with Crippen LogP contribution in [0, 0.1) is 6.92 Å². The van der Waals surface area contributed by atoms with Crippen LogP contribution in [0.4, 0.5) is 11.5 Å². The molecule has 3 rings (SSSR count). The van der Waals surface area contributed by atoms with Gasteiger partial charge in [0, 0.05) is 23.4 Å². The minimum atomic E-state index is -3.02. The minimum Gasteiger partial charge on any atom is -0.366 e. The smallest absolute Gasteiger partial charge is 0.274 e. The van der Waals surface area contributed by atoms with Gasteiger partial charge < -0.3 is 10.6 Å². The number of amides is 1. The molecule has 2 heterocycles. The van der Waals surface area contributed by atoms with E-state index in [-0.39, 0.29) is 29.0 Å². The molecule has 0 radical (unpaired) electrons. The second-order valence-electron chi connectivity index (χ2n) is 6.52. The SMILES string of the molecule is CC(=O)c1cccc(NC(=O)c2cc(NC3CCS(=O)(=O)C3)nc(C)n2)c1. The van der Waals surface area contributed by atoms with E-state index in [1.54, 1.807) is 31.2 Å². The van der Waals surface area contributed by atoms with Gasteiger partial charge in [0.2, 0.25) is 0 Å². The largest absolute Gasteiger partial charge is 0.366 e. The van der Waals surface area contributed by atoms with Crippen LogP contribution in [0.1, 0.15) is 40.0 Å². The number of hydrogen-bond acceptors (Lipinski definition) is 7. The average molecular weight is 388 g/mol. The third-order valence-corrected chi connectivity index (χ3v) is 5.95. The Morgan fingerprint density at radius 3 is 2.63 bits per heavy atom. The highest BCUT2D eigenvalue weighted by Crippen LogP contribution is 2.18. The van der Waals surface area contributed by atoms with E-state index < -0.39 is 15.7 Å². The summed E-state index contributed by atoms with van der Waals surface area (Å²) in [7, 11) is -3.02. The molecule has 1 aromatic carbocycles. The number of aromatic nitrogens is 2. The molecule has 1 saturated heterocycles. The molecular formula is C18H20N4O4S. The van der Waals surface area contributed by atoms with Gasteiger partial charge in [-0.25, -0.2) is 18.4 Å². The van der Waals surface area contributed by atoms with E-state index in [4.69, 9.17) is 0 Å². The van der Waals surface area contributed by atoms with Crippen LogP contribution in [0.15, 0.2) is 30.3 Å². The van der Waals surface area contributed by atoms with Crippen molar-refractivity contribution in [1.82, 2.24) is 9.97 Å². The van der Waals surface area contributed by atoms with Crippen molar-refractivity contribution in [2.45, 2.75) is 26.3 Å². The second kappa shape index (κ2) is 7.43. The van der Waals surface area contributed by atoms with Crippen LogP contribution in [0.3, 0.4) is 0 Å². The van der Waals surface area contributed by atoms with E-state index in [0.717, 1.165) is 0 Å². The molecule has 9 heteroatoms. The molecule has 1 fully saturated rings. The predicted molar refractivity (Wildman–Crippen MR) is 102 cm³/mol. The quantitative estimate of drug-likeness (QED) is 0.750. The zero-order chi connectivity index (χ0) is 19.6. The summed E-state index contributed by atoms with van der Waals surface area (Å²) in [6, 6.07) is 7.89. The van der Waals surface area contributed by atoms with Crippen molar-refractivity contribution in [3.63, 3.8) is 0 Å². The van der Waals surface area contributed by atoms with Gasteiger partial charge in [-0.1, -0.05) is 12.1 Å². The molecule has 1 aliphatic rings. The molecule has 2 aromatic rings. The molecule has 1 unspecified atom stereocenters. The Bertz CT molecular complexity index is 1000. The highest BCUT2D eigenvalue weighted by Gasteiger charge is 2.28. The molecule has 27 heavy (non-hydrogen) atoms. The summed E-state index contributed by atoms with van der Waals surface area (Å²) in [6.07, 6.45) is 0.505. The maximum Gasteiger partial charge on any atom is 0.274 e. The fourth-order valence-corrected chi connectivity index (χ4v) is 4.56. The maximum atomic E-state index is 12.5. The van der Waals surface area contributed by atoms with Crippen LogP contribution in [0.25, 0.3) is 0 Å². The number of ketones is 1. The van der Waals surface area contributed by atoms with Crippen molar-refractivity contribution in [3.05, 3.63) is 47.4 Å². The van der Waals surface area contributed by atoms with Crippen LogP contribution in [0.2, 0.25) is 0 Å². The van der Waals surface area contributed by atoms with E-state index >= 15 is 0 Å². The summed E-state index contributed by atoms with van der Waals surface area (Å²) >= 11 is 0. The second-order valence-corrected chi connectivity index (χ2v) is 8.75. The van der Waals surface area contributed by atoms with Crippen molar-refractivity contribution in [1.29, 1.82) is 0 Å². The zero-order valence-corrected chi connectivity index (χ0v) is 15.8. The monoisotopic (exact) mass is 388 g/mol. The fraction of sp³-hybridized carbons (Fsp3) is 0.333. The number of carbonyl (C=O) groups is 2. The molecule has 0 saturated carbocycles. The first-order chi connectivity index (χ1) is 12.7. The van der Waals surface area contributed by atoms with Gasteiger partial charge >= 0.3 is 0 Å². The zero-order valence-electron chi connectivity index (χ0n) is 15.0. The number of Topliss-reactive ketones (excluding diaryl/α,β-unsaturated/α-hetero) is 1. The molecule has 2 N–H and O–H groups in total. The van der Waals surface area contributed by atoms with Gasteiger partial charge in [0.05, 0.1) is 11.5 Å². The van der Waals surface area contributed by atoms with Crippen LogP contribution in [-0.2, 0) is 9.84 Å². The number of nitrogens with one attached hydrogen (secondary N) is 2. The van der Waals surface area contributed by atoms with Gasteiger partial charge in [-0.2, -0.15) is 0 Å². The lowest BCUT2D eigenvalue weighted by Gasteiger charge is -2.13. The number of hydrogen-bond donors (Lipinski definition) is 2. The van der Waals surface area contributed by atoms with Crippen molar-refractivity contribution in [3.8, 4) is 0 Å². The molecule has 0 spiro atoms. The summed E-state index contributed by atoms with van der Waals surface area (Å²) < 4.78 is 23.2. The van der Waals surface area contributed by atoms with E-state index in [1.165, 1.54) is 13.0 Å². The summed E-state index contributed by atoms with van der Waals surface area (Å²) in [5.41, 5.74) is 1.14. The fourth-order valence-electron chi connectivity index (χ4n) is 2.89. The summed E-state index contributed by atoms with van der Waals surface area (Å²) in [5, 5.41) is 5.78.